The molecule has 0 aliphatic rings. The summed E-state index contributed by atoms with van der Waals surface area (Å²) in [6.45, 7) is 1.78. The summed E-state index contributed by atoms with van der Waals surface area (Å²) >= 11 is 0. The summed E-state index contributed by atoms with van der Waals surface area (Å²) in [6.07, 6.45) is 1.99. The average Bonchev–Trinajstić information content (AvgIpc) is 2.81. The summed E-state index contributed by atoms with van der Waals surface area (Å²) in [5.41, 5.74) is 2.98. The Labute approximate surface area is 94.0 Å². The molecule has 0 bridgehead atoms. The maximum Gasteiger partial charge on any atom is 0.158 e. The molecule has 3 nitrogen and oxygen atoms in total. The van der Waals surface area contributed by atoms with Crippen LogP contribution in [0.5, 0.6) is 0 Å². The molecule has 2 rings (SSSR count). The molecule has 0 fully saturated rings. The van der Waals surface area contributed by atoms with Gasteiger partial charge in [-0.05, 0) is 17.2 Å². The fourth-order valence-electron chi connectivity index (χ4n) is 1.58. The average molecular weight is 218 g/mol. The minimum absolute atomic E-state index is 0.279. The summed E-state index contributed by atoms with van der Waals surface area (Å²) in [5, 5.41) is 18.1. The number of furan rings is 1. The number of hydrogen-bond acceptors (Lipinski definition) is 3. The Hall–Kier alpha value is -1.58. The molecule has 0 amide bonds. The molecular formula is C13H14O3. The third kappa shape index (κ3) is 2.15. The van der Waals surface area contributed by atoms with Crippen LogP contribution in [-0.2, 0) is 0 Å². The van der Waals surface area contributed by atoms with E-state index in [9.17, 15) is 0 Å². The molecule has 1 aromatic heterocycles. The Balaban J connectivity index is 2.23. The number of rotatable bonds is 3. The molecule has 2 aromatic rings. The van der Waals surface area contributed by atoms with Gasteiger partial charge in [0.05, 0.1) is 12.5 Å². The van der Waals surface area contributed by atoms with Crippen LogP contribution >= 0.6 is 0 Å². The van der Waals surface area contributed by atoms with Gasteiger partial charge in [0.2, 0.25) is 0 Å². The second kappa shape index (κ2) is 4.51. The van der Waals surface area contributed by atoms with E-state index >= 15 is 0 Å². The van der Waals surface area contributed by atoms with Gasteiger partial charge in [0.1, 0.15) is 0 Å². The fourth-order valence-corrected chi connectivity index (χ4v) is 1.58. The molecule has 1 atom stereocenters. The predicted octanol–water partition coefficient (Wildman–Crippen LogP) is 2.36. The molecule has 0 aliphatic carbocycles. The summed E-state index contributed by atoms with van der Waals surface area (Å²) < 4.78 is 5.00. The Bertz CT molecular complexity index is 429. The molecule has 16 heavy (non-hydrogen) atoms. The maximum atomic E-state index is 9.07. The van der Waals surface area contributed by atoms with E-state index in [1.54, 1.807) is 19.5 Å². The van der Waals surface area contributed by atoms with Crippen LogP contribution in [0.2, 0.25) is 0 Å². The molecule has 0 spiro atoms. The third-order valence-corrected chi connectivity index (χ3v) is 2.74. The highest BCUT2D eigenvalue weighted by molar-refractivity contribution is 5.62. The van der Waals surface area contributed by atoms with Crippen molar-refractivity contribution in [2.75, 3.05) is 0 Å². The van der Waals surface area contributed by atoms with Crippen LogP contribution in [0.4, 0.5) is 0 Å². The summed E-state index contributed by atoms with van der Waals surface area (Å²) in [4.78, 5) is 0. The first-order valence-electron chi connectivity index (χ1n) is 5.17. The largest absolute Gasteiger partial charge is 0.472 e. The molecule has 1 unspecified atom stereocenters. The lowest BCUT2D eigenvalue weighted by Crippen LogP contribution is -2.14. The first-order valence-corrected chi connectivity index (χ1v) is 5.17. The van der Waals surface area contributed by atoms with Crippen LogP contribution in [-0.4, -0.2) is 16.5 Å². The fraction of sp³-hybridized carbons (Fsp3) is 0.231. The van der Waals surface area contributed by atoms with Gasteiger partial charge >= 0.3 is 0 Å². The Morgan fingerprint density at radius 1 is 1.00 bits per heavy atom. The molecule has 1 aromatic carbocycles. The van der Waals surface area contributed by atoms with Crippen molar-refractivity contribution in [2.45, 2.75) is 19.1 Å². The van der Waals surface area contributed by atoms with Crippen LogP contribution in [0.1, 0.15) is 18.4 Å². The van der Waals surface area contributed by atoms with Gasteiger partial charge in [0, 0.05) is 11.5 Å². The van der Waals surface area contributed by atoms with Gasteiger partial charge in [-0.25, -0.2) is 0 Å². The number of aliphatic hydroxyl groups excluding tert-OH is 1. The first-order chi connectivity index (χ1) is 7.68. The van der Waals surface area contributed by atoms with E-state index in [1.807, 2.05) is 30.3 Å². The minimum Gasteiger partial charge on any atom is -0.472 e. The lowest BCUT2D eigenvalue weighted by Gasteiger charge is -2.13. The smallest absolute Gasteiger partial charge is 0.158 e. The van der Waals surface area contributed by atoms with Gasteiger partial charge in [-0.3, -0.25) is 0 Å². The SMILES string of the molecule is CC(c1ccc(-c2ccoc2)cc1)C(O)O. The summed E-state index contributed by atoms with van der Waals surface area (Å²) in [5.74, 6) is -0.279. The first kappa shape index (κ1) is 10.9. The van der Waals surface area contributed by atoms with Crippen LogP contribution in [0.15, 0.2) is 47.3 Å². The topological polar surface area (TPSA) is 53.6 Å². The zero-order valence-electron chi connectivity index (χ0n) is 9.00. The van der Waals surface area contributed by atoms with Gasteiger partial charge in [-0.15, -0.1) is 0 Å². The van der Waals surface area contributed by atoms with E-state index in [4.69, 9.17) is 14.6 Å². The third-order valence-electron chi connectivity index (χ3n) is 2.74. The van der Waals surface area contributed by atoms with Gasteiger partial charge in [-0.1, -0.05) is 31.2 Å². The van der Waals surface area contributed by atoms with Crippen LogP contribution in [0.25, 0.3) is 11.1 Å². The van der Waals surface area contributed by atoms with E-state index < -0.39 is 6.29 Å². The molecule has 0 saturated heterocycles. The lowest BCUT2D eigenvalue weighted by atomic mass is 9.98. The second-order valence-corrected chi connectivity index (χ2v) is 3.84. The minimum atomic E-state index is -1.32. The summed E-state index contributed by atoms with van der Waals surface area (Å²) in [6, 6.07) is 9.57. The quantitative estimate of drug-likeness (QED) is 0.777. The van der Waals surface area contributed by atoms with E-state index in [-0.39, 0.29) is 5.92 Å². The zero-order chi connectivity index (χ0) is 11.5. The van der Waals surface area contributed by atoms with Gasteiger partial charge in [0.15, 0.2) is 6.29 Å². The number of hydrogen-bond donors (Lipinski definition) is 2. The highest BCUT2D eigenvalue weighted by Gasteiger charge is 2.12. The highest BCUT2D eigenvalue weighted by atomic mass is 16.5. The van der Waals surface area contributed by atoms with Crippen molar-refractivity contribution in [2.24, 2.45) is 0 Å². The van der Waals surface area contributed by atoms with Crippen LogP contribution < -0.4 is 0 Å². The Morgan fingerprint density at radius 3 is 2.19 bits per heavy atom. The second-order valence-electron chi connectivity index (χ2n) is 3.84. The van der Waals surface area contributed by atoms with Crippen molar-refractivity contribution in [1.82, 2.24) is 0 Å². The Morgan fingerprint density at radius 2 is 1.69 bits per heavy atom. The van der Waals surface area contributed by atoms with Gasteiger partial charge < -0.3 is 14.6 Å². The monoisotopic (exact) mass is 218 g/mol. The number of aliphatic hydroxyl groups is 2. The van der Waals surface area contributed by atoms with Gasteiger partial charge in [-0.2, -0.15) is 0 Å². The lowest BCUT2D eigenvalue weighted by molar-refractivity contribution is -0.0561. The maximum absolute atomic E-state index is 9.07. The highest BCUT2D eigenvalue weighted by Crippen LogP contribution is 2.24. The normalized spacial score (nSPS) is 13.0. The predicted molar refractivity (Wildman–Crippen MR) is 60.8 cm³/mol. The molecule has 84 valence electrons. The van der Waals surface area contributed by atoms with Crippen LogP contribution in [0.3, 0.4) is 0 Å². The van der Waals surface area contributed by atoms with E-state index in [2.05, 4.69) is 0 Å². The standard InChI is InChI=1S/C13H14O3/c1-9(13(14)15)10-2-4-11(5-3-10)12-6-7-16-8-12/h2-9,13-15H,1H3. The van der Waals surface area contributed by atoms with Crippen molar-refractivity contribution >= 4 is 0 Å². The molecular weight excluding hydrogens is 204 g/mol. The van der Waals surface area contributed by atoms with Gasteiger partial charge in [0.25, 0.3) is 0 Å². The number of benzene rings is 1. The molecule has 3 heteroatoms. The van der Waals surface area contributed by atoms with Crippen molar-refractivity contribution in [1.29, 1.82) is 0 Å². The van der Waals surface area contributed by atoms with E-state index in [0.717, 1.165) is 16.7 Å². The van der Waals surface area contributed by atoms with Crippen molar-refractivity contribution in [3.63, 3.8) is 0 Å². The van der Waals surface area contributed by atoms with Crippen LogP contribution in [0, 0.1) is 0 Å². The van der Waals surface area contributed by atoms with E-state index in [1.165, 1.54) is 0 Å². The van der Waals surface area contributed by atoms with Crippen molar-refractivity contribution < 1.29 is 14.6 Å². The van der Waals surface area contributed by atoms with Crippen molar-refractivity contribution in [3.8, 4) is 11.1 Å². The van der Waals surface area contributed by atoms with E-state index in [0.29, 0.717) is 0 Å². The Kier molecular flexibility index (Phi) is 3.08. The summed E-state index contributed by atoms with van der Waals surface area (Å²) in [7, 11) is 0. The molecule has 2 N–H and O–H groups in total. The molecule has 0 saturated carbocycles. The molecule has 1 heterocycles. The zero-order valence-corrected chi connectivity index (χ0v) is 9.00. The van der Waals surface area contributed by atoms with Crippen molar-refractivity contribution in [3.05, 3.63) is 48.4 Å². The molecule has 0 radical (unpaired) electrons. The molecule has 0 aliphatic heterocycles.